The number of carbonyl (C=O) groups is 1. The summed E-state index contributed by atoms with van der Waals surface area (Å²) >= 11 is 1.24. The van der Waals surface area contributed by atoms with Crippen LogP contribution in [0.1, 0.15) is 24.8 Å². The smallest absolute Gasteiger partial charge is 0.191 e. The second-order valence-electron chi connectivity index (χ2n) is 3.75. The molecule has 1 N–H and O–H groups in total. The number of thioether (sulfide) groups is 1. The van der Waals surface area contributed by atoms with E-state index in [9.17, 15) is 9.90 Å². The van der Waals surface area contributed by atoms with E-state index in [0.29, 0.717) is 18.6 Å². The van der Waals surface area contributed by atoms with Gasteiger partial charge in [-0.2, -0.15) is 0 Å². The van der Waals surface area contributed by atoms with Gasteiger partial charge in [0.15, 0.2) is 5.12 Å². The van der Waals surface area contributed by atoms with Crippen LogP contribution in [-0.4, -0.2) is 16.3 Å². The Labute approximate surface area is 106 Å². The molecule has 0 bridgehead atoms. The Kier molecular flexibility index (Phi) is 6.46. The largest absolute Gasteiger partial charge is 0.393 e. The monoisotopic (exact) mass is 248 g/mol. The predicted molar refractivity (Wildman–Crippen MR) is 71.4 cm³/mol. The topological polar surface area (TPSA) is 37.3 Å². The average molecular weight is 248 g/mol. The van der Waals surface area contributed by atoms with Crippen LogP contribution < -0.4 is 0 Å². The van der Waals surface area contributed by atoms with Crippen molar-refractivity contribution in [2.24, 2.45) is 0 Å². The van der Waals surface area contributed by atoms with Crippen LogP contribution in [0.3, 0.4) is 0 Å². The molecule has 0 saturated carbocycles. The zero-order valence-corrected chi connectivity index (χ0v) is 10.5. The summed E-state index contributed by atoms with van der Waals surface area (Å²) in [4.78, 5) is 11.5. The van der Waals surface area contributed by atoms with Gasteiger partial charge < -0.3 is 5.11 Å². The van der Waals surface area contributed by atoms with E-state index in [2.05, 4.69) is 5.92 Å². The van der Waals surface area contributed by atoms with Crippen LogP contribution in [0.4, 0.5) is 0 Å². The van der Waals surface area contributed by atoms with Crippen molar-refractivity contribution in [2.75, 3.05) is 0 Å². The minimum Gasteiger partial charge on any atom is -0.393 e. The molecule has 0 heterocycles. The maximum absolute atomic E-state index is 11.5. The SMILES string of the molecule is C#CCCC(O)CC(=O)SCc1ccccc1. The fraction of sp³-hybridized carbons (Fsp3) is 0.357. The third-order valence-corrected chi connectivity index (χ3v) is 3.23. The number of hydrogen-bond donors (Lipinski definition) is 1. The van der Waals surface area contributed by atoms with Gasteiger partial charge in [-0.1, -0.05) is 42.1 Å². The Bertz CT molecular complexity index is 381. The highest BCUT2D eigenvalue weighted by atomic mass is 32.2. The summed E-state index contributed by atoms with van der Waals surface area (Å²) in [5.41, 5.74) is 1.11. The van der Waals surface area contributed by atoms with E-state index in [0.717, 1.165) is 5.56 Å². The van der Waals surface area contributed by atoms with E-state index in [1.54, 1.807) is 0 Å². The van der Waals surface area contributed by atoms with Crippen molar-refractivity contribution in [1.82, 2.24) is 0 Å². The van der Waals surface area contributed by atoms with Crippen molar-refractivity contribution in [1.29, 1.82) is 0 Å². The Hall–Kier alpha value is -1.24. The molecule has 1 aromatic rings. The number of terminal acetylenes is 1. The van der Waals surface area contributed by atoms with Gasteiger partial charge in [0.05, 0.1) is 6.10 Å². The number of aliphatic hydroxyl groups excluding tert-OH is 1. The molecule has 0 radical (unpaired) electrons. The normalized spacial score (nSPS) is 11.8. The van der Waals surface area contributed by atoms with Gasteiger partial charge in [0.25, 0.3) is 0 Å². The lowest BCUT2D eigenvalue weighted by Crippen LogP contribution is -2.11. The van der Waals surface area contributed by atoms with Gasteiger partial charge in [0.1, 0.15) is 0 Å². The van der Waals surface area contributed by atoms with Crippen LogP contribution in [0, 0.1) is 12.3 Å². The highest BCUT2D eigenvalue weighted by Gasteiger charge is 2.10. The highest BCUT2D eigenvalue weighted by molar-refractivity contribution is 8.12. The number of benzene rings is 1. The second-order valence-corrected chi connectivity index (χ2v) is 4.78. The number of hydrogen-bond acceptors (Lipinski definition) is 3. The van der Waals surface area contributed by atoms with Crippen LogP contribution >= 0.6 is 11.8 Å². The molecule has 0 amide bonds. The lowest BCUT2D eigenvalue weighted by atomic mass is 10.1. The Morgan fingerprint density at radius 1 is 1.41 bits per heavy atom. The summed E-state index contributed by atoms with van der Waals surface area (Å²) in [5, 5.41) is 9.53. The third kappa shape index (κ3) is 6.15. The maximum Gasteiger partial charge on any atom is 0.191 e. The van der Waals surface area contributed by atoms with Crippen molar-refractivity contribution >= 4 is 16.9 Å². The van der Waals surface area contributed by atoms with Crippen LogP contribution in [0.5, 0.6) is 0 Å². The molecular weight excluding hydrogens is 232 g/mol. The van der Waals surface area contributed by atoms with E-state index in [1.165, 1.54) is 11.8 Å². The minimum absolute atomic E-state index is 0.0124. The molecule has 0 fully saturated rings. The molecule has 3 heteroatoms. The van der Waals surface area contributed by atoms with Gasteiger partial charge >= 0.3 is 0 Å². The molecule has 1 rings (SSSR count). The van der Waals surface area contributed by atoms with E-state index in [-0.39, 0.29) is 11.5 Å². The van der Waals surface area contributed by atoms with Crippen LogP contribution in [0.15, 0.2) is 30.3 Å². The lowest BCUT2D eigenvalue weighted by Gasteiger charge is -2.07. The molecule has 17 heavy (non-hydrogen) atoms. The third-order valence-electron chi connectivity index (χ3n) is 2.27. The lowest BCUT2D eigenvalue weighted by molar-refractivity contribution is -0.112. The molecule has 1 unspecified atom stereocenters. The fourth-order valence-electron chi connectivity index (χ4n) is 1.34. The molecule has 0 aliphatic heterocycles. The first-order chi connectivity index (χ1) is 8.22. The molecular formula is C14H16O2S. The predicted octanol–water partition coefficient (Wildman–Crippen LogP) is 2.61. The van der Waals surface area contributed by atoms with Crippen molar-refractivity contribution in [3.63, 3.8) is 0 Å². The van der Waals surface area contributed by atoms with Gasteiger partial charge in [0, 0.05) is 18.6 Å². The van der Waals surface area contributed by atoms with Gasteiger partial charge in [0.2, 0.25) is 0 Å². The summed E-state index contributed by atoms with van der Waals surface area (Å²) in [5.74, 6) is 3.11. The first kappa shape index (κ1) is 13.8. The molecule has 0 aliphatic carbocycles. The summed E-state index contributed by atoms with van der Waals surface area (Å²) in [6.07, 6.45) is 5.67. The van der Waals surface area contributed by atoms with Crippen molar-refractivity contribution in [2.45, 2.75) is 31.1 Å². The van der Waals surface area contributed by atoms with Gasteiger partial charge in [-0.3, -0.25) is 4.79 Å². The summed E-state index contributed by atoms with van der Waals surface area (Å²) in [6, 6.07) is 9.80. The zero-order chi connectivity index (χ0) is 12.5. The van der Waals surface area contributed by atoms with Crippen LogP contribution in [-0.2, 0) is 10.5 Å². The Morgan fingerprint density at radius 2 is 2.12 bits per heavy atom. The molecule has 0 aliphatic rings. The first-order valence-electron chi connectivity index (χ1n) is 5.53. The van der Waals surface area contributed by atoms with Crippen LogP contribution in [0.25, 0.3) is 0 Å². The molecule has 2 nitrogen and oxygen atoms in total. The Balaban J connectivity index is 2.24. The number of rotatable bonds is 6. The molecule has 0 spiro atoms. The zero-order valence-electron chi connectivity index (χ0n) is 9.63. The minimum atomic E-state index is -0.609. The summed E-state index contributed by atoms with van der Waals surface area (Å²) in [6.45, 7) is 0. The van der Waals surface area contributed by atoms with Gasteiger partial charge in [-0.05, 0) is 12.0 Å². The van der Waals surface area contributed by atoms with E-state index in [1.807, 2.05) is 30.3 Å². The van der Waals surface area contributed by atoms with Gasteiger partial charge in [-0.25, -0.2) is 0 Å². The van der Waals surface area contributed by atoms with E-state index in [4.69, 9.17) is 6.42 Å². The van der Waals surface area contributed by atoms with Crippen molar-refractivity contribution < 1.29 is 9.90 Å². The highest BCUT2D eigenvalue weighted by Crippen LogP contribution is 2.16. The summed E-state index contributed by atoms with van der Waals surface area (Å²) in [7, 11) is 0. The molecule has 0 aromatic heterocycles. The number of carbonyl (C=O) groups excluding carboxylic acids is 1. The Morgan fingerprint density at radius 3 is 2.76 bits per heavy atom. The van der Waals surface area contributed by atoms with Crippen molar-refractivity contribution in [3.8, 4) is 12.3 Å². The fourth-order valence-corrected chi connectivity index (χ4v) is 2.17. The molecule has 1 atom stereocenters. The first-order valence-corrected chi connectivity index (χ1v) is 6.52. The maximum atomic E-state index is 11.5. The van der Waals surface area contributed by atoms with Gasteiger partial charge in [-0.15, -0.1) is 12.3 Å². The van der Waals surface area contributed by atoms with Crippen LogP contribution in [0.2, 0.25) is 0 Å². The molecule has 1 aromatic carbocycles. The second kappa shape index (κ2) is 7.94. The van der Waals surface area contributed by atoms with E-state index >= 15 is 0 Å². The van der Waals surface area contributed by atoms with E-state index < -0.39 is 6.10 Å². The number of aliphatic hydroxyl groups is 1. The van der Waals surface area contributed by atoms with Crippen molar-refractivity contribution in [3.05, 3.63) is 35.9 Å². The standard InChI is InChI=1S/C14H16O2S/c1-2-3-9-13(15)10-14(16)17-11-12-7-5-4-6-8-12/h1,4-8,13,15H,3,9-11H2. The molecule has 90 valence electrons. The molecule has 0 saturated heterocycles. The summed E-state index contributed by atoms with van der Waals surface area (Å²) < 4.78 is 0. The average Bonchev–Trinajstić information content (AvgIpc) is 2.35. The quantitative estimate of drug-likeness (QED) is 0.786.